The minimum Gasteiger partial charge on any atom is -0.481 e. The maximum atomic E-state index is 11.6. The average molecular weight is 313 g/mol. The number of benzene rings is 1. The topological polar surface area (TPSA) is 92.5 Å². The van der Waals surface area contributed by atoms with Crippen LogP contribution in [-0.2, 0) is 4.79 Å². The number of anilines is 1. The zero-order valence-electron chi connectivity index (χ0n) is 11.5. The number of hydrogen-bond acceptors (Lipinski definition) is 4. The Morgan fingerprint density at radius 3 is 2.62 bits per heavy atom. The highest BCUT2D eigenvalue weighted by Gasteiger charge is 2.39. The Hall–Kier alpha value is -1.82. The van der Waals surface area contributed by atoms with E-state index in [9.17, 15) is 20.0 Å². The van der Waals surface area contributed by atoms with Crippen molar-refractivity contribution in [1.82, 2.24) is 0 Å². The molecule has 6 nitrogen and oxygen atoms in total. The van der Waals surface area contributed by atoms with Crippen LogP contribution in [0.4, 0.5) is 11.4 Å². The van der Waals surface area contributed by atoms with Crippen molar-refractivity contribution in [3.8, 4) is 0 Å². The van der Waals surface area contributed by atoms with E-state index in [-0.39, 0.29) is 17.9 Å². The largest absolute Gasteiger partial charge is 0.481 e. The highest BCUT2D eigenvalue weighted by Crippen LogP contribution is 2.38. The molecule has 1 aromatic carbocycles. The minimum absolute atomic E-state index is 0.101. The molecule has 0 radical (unpaired) electrons. The zero-order valence-corrected chi connectivity index (χ0v) is 12.2. The van der Waals surface area contributed by atoms with Crippen LogP contribution in [0.1, 0.15) is 32.1 Å². The number of hydrogen-bond donors (Lipinski definition) is 2. The van der Waals surface area contributed by atoms with Gasteiger partial charge >= 0.3 is 5.97 Å². The lowest BCUT2D eigenvalue weighted by Crippen LogP contribution is -2.39. The fourth-order valence-corrected chi connectivity index (χ4v) is 2.94. The molecule has 0 saturated heterocycles. The lowest BCUT2D eigenvalue weighted by atomic mass is 9.74. The third-order valence-corrected chi connectivity index (χ3v) is 4.27. The van der Waals surface area contributed by atoms with Crippen molar-refractivity contribution in [3.63, 3.8) is 0 Å². The van der Waals surface area contributed by atoms with E-state index in [0.29, 0.717) is 17.9 Å². The molecule has 1 aromatic rings. The quantitative estimate of drug-likeness (QED) is 0.639. The molecule has 0 unspecified atom stereocenters. The summed E-state index contributed by atoms with van der Waals surface area (Å²) in [6, 6.07) is 4.22. The first-order valence-corrected chi connectivity index (χ1v) is 7.24. The first kappa shape index (κ1) is 15.6. The number of nitrogens with zero attached hydrogens (tertiary/aromatic N) is 1. The van der Waals surface area contributed by atoms with Gasteiger partial charge in [0.1, 0.15) is 5.69 Å². The maximum Gasteiger partial charge on any atom is 0.311 e. The second-order valence-corrected chi connectivity index (χ2v) is 5.85. The molecular formula is C14H17ClN2O4. The van der Waals surface area contributed by atoms with Gasteiger partial charge in [-0.15, -0.1) is 0 Å². The maximum absolute atomic E-state index is 11.6. The third kappa shape index (κ3) is 3.44. The summed E-state index contributed by atoms with van der Waals surface area (Å²) in [7, 11) is 0. The molecule has 1 aliphatic carbocycles. The van der Waals surface area contributed by atoms with Crippen LogP contribution in [0.3, 0.4) is 0 Å². The minimum atomic E-state index is -0.853. The summed E-state index contributed by atoms with van der Waals surface area (Å²) < 4.78 is 0. The molecule has 0 aromatic heterocycles. The summed E-state index contributed by atoms with van der Waals surface area (Å²) in [5.74, 6) is -0.848. The van der Waals surface area contributed by atoms with Gasteiger partial charge in [0.15, 0.2) is 0 Å². The van der Waals surface area contributed by atoms with Crippen LogP contribution < -0.4 is 5.32 Å². The van der Waals surface area contributed by atoms with E-state index in [4.69, 9.17) is 11.6 Å². The normalized spacial score (nSPS) is 17.2. The number of carboxylic acids is 1. The second-order valence-electron chi connectivity index (χ2n) is 5.42. The molecule has 21 heavy (non-hydrogen) atoms. The molecule has 7 heteroatoms. The Morgan fingerprint density at radius 2 is 2.05 bits per heavy atom. The Labute approximate surface area is 127 Å². The van der Waals surface area contributed by atoms with Gasteiger partial charge in [0, 0.05) is 17.6 Å². The number of rotatable bonds is 5. The molecular weight excluding hydrogens is 296 g/mol. The van der Waals surface area contributed by atoms with E-state index in [1.54, 1.807) is 0 Å². The number of aliphatic carboxylic acids is 1. The zero-order chi connectivity index (χ0) is 15.5. The SMILES string of the molecule is O=C(O)C1(CNc2cc(Cl)ccc2[N+](=O)[O-])CCCCC1. The predicted octanol–water partition coefficient (Wildman–Crippen LogP) is 3.70. The van der Waals surface area contributed by atoms with E-state index >= 15 is 0 Å². The van der Waals surface area contributed by atoms with Crippen molar-refractivity contribution in [3.05, 3.63) is 33.3 Å². The van der Waals surface area contributed by atoms with Crippen LogP contribution in [0.15, 0.2) is 18.2 Å². The van der Waals surface area contributed by atoms with Gasteiger partial charge in [0.05, 0.1) is 10.3 Å². The Balaban J connectivity index is 2.19. The summed E-state index contributed by atoms with van der Waals surface area (Å²) in [6.45, 7) is 0.170. The van der Waals surface area contributed by atoms with Gasteiger partial charge in [-0.25, -0.2) is 0 Å². The second kappa shape index (κ2) is 6.30. The highest BCUT2D eigenvalue weighted by atomic mass is 35.5. The lowest BCUT2D eigenvalue weighted by molar-refractivity contribution is -0.384. The number of nitrogens with one attached hydrogen (secondary N) is 1. The van der Waals surface area contributed by atoms with Crippen molar-refractivity contribution >= 4 is 28.9 Å². The van der Waals surface area contributed by atoms with Crippen molar-refractivity contribution in [2.75, 3.05) is 11.9 Å². The first-order valence-electron chi connectivity index (χ1n) is 6.86. The van der Waals surface area contributed by atoms with E-state index in [1.807, 2.05) is 0 Å². The Kier molecular flexibility index (Phi) is 4.67. The summed E-state index contributed by atoms with van der Waals surface area (Å²) in [5, 5.41) is 23.8. The van der Waals surface area contributed by atoms with Gasteiger partial charge in [-0.05, 0) is 25.0 Å². The van der Waals surface area contributed by atoms with Crippen molar-refractivity contribution in [2.24, 2.45) is 5.41 Å². The first-order chi connectivity index (χ1) is 9.94. The van der Waals surface area contributed by atoms with Crippen molar-refractivity contribution in [1.29, 1.82) is 0 Å². The summed E-state index contributed by atoms with van der Waals surface area (Å²) in [6.07, 6.45) is 3.94. The van der Waals surface area contributed by atoms with E-state index < -0.39 is 16.3 Å². The van der Waals surface area contributed by atoms with Crippen LogP contribution in [0.2, 0.25) is 5.02 Å². The molecule has 0 bridgehead atoms. The number of carboxylic acid groups (broad SMARTS) is 1. The number of halogens is 1. The average Bonchev–Trinajstić information content (AvgIpc) is 2.45. The van der Waals surface area contributed by atoms with Crippen LogP contribution in [-0.4, -0.2) is 22.5 Å². The third-order valence-electron chi connectivity index (χ3n) is 4.04. The summed E-state index contributed by atoms with van der Waals surface area (Å²) in [4.78, 5) is 22.1. The van der Waals surface area contributed by atoms with Gasteiger partial charge in [-0.3, -0.25) is 14.9 Å². The highest BCUT2D eigenvalue weighted by molar-refractivity contribution is 6.31. The fraction of sp³-hybridized carbons (Fsp3) is 0.500. The molecule has 0 atom stereocenters. The molecule has 0 heterocycles. The van der Waals surface area contributed by atoms with Crippen LogP contribution >= 0.6 is 11.6 Å². The van der Waals surface area contributed by atoms with Gasteiger partial charge in [-0.1, -0.05) is 30.9 Å². The molecule has 1 saturated carbocycles. The summed E-state index contributed by atoms with van der Waals surface area (Å²) >= 11 is 5.86. The van der Waals surface area contributed by atoms with Crippen LogP contribution in [0.25, 0.3) is 0 Å². The Morgan fingerprint density at radius 1 is 1.38 bits per heavy atom. The van der Waals surface area contributed by atoms with Crippen molar-refractivity contribution < 1.29 is 14.8 Å². The standard InChI is InChI=1S/C14H17ClN2O4/c15-10-4-5-12(17(20)21)11(8-10)16-9-14(13(18)19)6-2-1-3-7-14/h4-5,8,16H,1-3,6-7,9H2,(H,18,19). The molecule has 114 valence electrons. The smallest absolute Gasteiger partial charge is 0.311 e. The molecule has 0 amide bonds. The number of nitro groups is 1. The number of carbonyl (C=O) groups is 1. The molecule has 1 fully saturated rings. The number of nitro benzene ring substituents is 1. The monoisotopic (exact) mass is 312 g/mol. The molecule has 2 N–H and O–H groups in total. The van der Waals surface area contributed by atoms with Crippen LogP contribution in [0.5, 0.6) is 0 Å². The van der Waals surface area contributed by atoms with Gasteiger partial charge in [0.25, 0.3) is 5.69 Å². The van der Waals surface area contributed by atoms with E-state index in [0.717, 1.165) is 19.3 Å². The molecule has 0 aliphatic heterocycles. The van der Waals surface area contributed by atoms with Gasteiger partial charge < -0.3 is 10.4 Å². The Bertz CT molecular complexity index is 556. The lowest BCUT2D eigenvalue weighted by Gasteiger charge is -2.33. The van der Waals surface area contributed by atoms with Gasteiger partial charge in [-0.2, -0.15) is 0 Å². The predicted molar refractivity (Wildman–Crippen MR) is 79.7 cm³/mol. The fourth-order valence-electron chi connectivity index (χ4n) is 2.77. The summed E-state index contributed by atoms with van der Waals surface area (Å²) in [5.41, 5.74) is -0.691. The van der Waals surface area contributed by atoms with Gasteiger partial charge in [0.2, 0.25) is 0 Å². The van der Waals surface area contributed by atoms with E-state index in [2.05, 4.69) is 5.32 Å². The van der Waals surface area contributed by atoms with E-state index in [1.165, 1.54) is 18.2 Å². The molecule has 0 spiro atoms. The van der Waals surface area contributed by atoms with Crippen LogP contribution in [0, 0.1) is 15.5 Å². The molecule has 2 rings (SSSR count). The van der Waals surface area contributed by atoms with Crippen molar-refractivity contribution in [2.45, 2.75) is 32.1 Å². The molecule has 1 aliphatic rings.